The number of amides is 1. The molecule has 1 heterocycles. The second-order valence-corrected chi connectivity index (χ2v) is 6.97. The van der Waals surface area contributed by atoms with Gasteiger partial charge in [0.2, 0.25) is 5.91 Å². The topological polar surface area (TPSA) is 56.7 Å². The number of hydrogen-bond acceptors (Lipinski definition) is 2. The SMILES string of the molecule is CN=C(NC1CC1c1ccccc1F)N1CCC(CC(=O)NC)CC1.I. The molecule has 2 aliphatic rings. The Bertz CT molecular complexity index is 646. The van der Waals surface area contributed by atoms with Gasteiger partial charge in [0.05, 0.1) is 0 Å². The molecule has 1 amide bonds. The summed E-state index contributed by atoms with van der Waals surface area (Å²) in [6.07, 6.45) is 3.53. The molecule has 1 saturated heterocycles. The smallest absolute Gasteiger partial charge is 0.220 e. The zero-order chi connectivity index (χ0) is 17.8. The van der Waals surface area contributed by atoms with Crippen LogP contribution in [0.1, 0.15) is 37.2 Å². The predicted molar refractivity (Wildman–Crippen MR) is 112 cm³/mol. The molecule has 2 fully saturated rings. The Balaban J connectivity index is 0.00000243. The van der Waals surface area contributed by atoms with E-state index in [0.29, 0.717) is 12.3 Å². The maximum atomic E-state index is 13.9. The first-order valence-corrected chi connectivity index (χ1v) is 9.05. The van der Waals surface area contributed by atoms with Crippen LogP contribution in [0.3, 0.4) is 0 Å². The van der Waals surface area contributed by atoms with Crippen LogP contribution in [0, 0.1) is 11.7 Å². The Morgan fingerprint density at radius 2 is 2.00 bits per heavy atom. The number of guanidine groups is 1. The Morgan fingerprint density at radius 1 is 1.31 bits per heavy atom. The monoisotopic (exact) mass is 474 g/mol. The molecule has 1 aromatic rings. The Hall–Kier alpha value is -1.38. The van der Waals surface area contributed by atoms with Gasteiger partial charge in [0.15, 0.2) is 5.96 Å². The summed E-state index contributed by atoms with van der Waals surface area (Å²) in [5.41, 5.74) is 0.791. The normalized spacial score (nSPS) is 23.2. The summed E-state index contributed by atoms with van der Waals surface area (Å²) in [6.45, 7) is 1.80. The molecule has 144 valence electrons. The second kappa shape index (κ2) is 9.53. The molecule has 0 radical (unpaired) electrons. The van der Waals surface area contributed by atoms with Gasteiger partial charge in [-0.25, -0.2) is 4.39 Å². The van der Waals surface area contributed by atoms with Gasteiger partial charge < -0.3 is 15.5 Å². The fourth-order valence-electron chi connectivity index (χ4n) is 3.65. The van der Waals surface area contributed by atoms with Crippen LogP contribution in [0.15, 0.2) is 29.3 Å². The van der Waals surface area contributed by atoms with E-state index in [9.17, 15) is 9.18 Å². The molecule has 0 bridgehead atoms. The first-order chi connectivity index (χ1) is 12.1. The maximum absolute atomic E-state index is 13.9. The van der Waals surface area contributed by atoms with E-state index in [-0.39, 0.29) is 47.7 Å². The molecule has 1 aromatic carbocycles. The summed E-state index contributed by atoms with van der Waals surface area (Å²) < 4.78 is 13.9. The fraction of sp³-hybridized carbons (Fsp3) is 0.579. The number of halogens is 2. The Morgan fingerprint density at radius 3 is 2.62 bits per heavy atom. The first kappa shape index (κ1) is 20.9. The maximum Gasteiger partial charge on any atom is 0.220 e. The summed E-state index contributed by atoms with van der Waals surface area (Å²) in [5.74, 6) is 1.56. The van der Waals surface area contributed by atoms with Crippen LogP contribution >= 0.6 is 24.0 Å². The lowest BCUT2D eigenvalue weighted by Crippen LogP contribution is -2.47. The summed E-state index contributed by atoms with van der Waals surface area (Å²) >= 11 is 0. The molecular formula is C19H28FIN4O. The van der Waals surface area contributed by atoms with Crippen molar-refractivity contribution in [1.82, 2.24) is 15.5 Å². The van der Waals surface area contributed by atoms with Crippen molar-refractivity contribution in [1.29, 1.82) is 0 Å². The van der Waals surface area contributed by atoms with Gasteiger partial charge in [0.25, 0.3) is 0 Å². The number of hydrogen-bond donors (Lipinski definition) is 2. The van der Waals surface area contributed by atoms with E-state index < -0.39 is 0 Å². The molecule has 1 aliphatic heterocycles. The largest absolute Gasteiger partial charge is 0.359 e. The summed E-state index contributed by atoms with van der Waals surface area (Å²) in [4.78, 5) is 18.2. The van der Waals surface area contributed by atoms with Crippen molar-refractivity contribution in [3.05, 3.63) is 35.6 Å². The Kier molecular flexibility index (Phi) is 7.67. The molecule has 5 nitrogen and oxygen atoms in total. The summed E-state index contributed by atoms with van der Waals surface area (Å²) in [7, 11) is 3.48. The average molecular weight is 474 g/mol. The van der Waals surface area contributed by atoms with E-state index in [1.165, 1.54) is 6.07 Å². The van der Waals surface area contributed by atoms with Crippen LogP contribution in [-0.2, 0) is 4.79 Å². The van der Waals surface area contributed by atoms with E-state index in [2.05, 4.69) is 20.5 Å². The molecule has 0 spiro atoms. The molecule has 2 unspecified atom stereocenters. The number of aliphatic imine (C=N–C) groups is 1. The van der Waals surface area contributed by atoms with E-state index in [1.807, 2.05) is 12.1 Å². The minimum absolute atomic E-state index is 0. The molecule has 2 N–H and O–H groups in total. The van der Waals surface area contributed by atoms with Crippen LogP contribution in [0.4, 0.5) is 4.39 Å². The van der Waals surface area contributed by atoms with Crippen molar-refractivity contribution in [3.63, 3.8) is 0 Å². The fourth-order valence-corrected chi connectivity index (χ4v) is 3.65. The Labute approximate surface area is 171 Å². The van der Waals surface area contributed by atoms with Crippen LogP contribution in [0.25, 0.3) is 0 Å². The van der Waals surface area contributed by atoms with Crippen LogP contribution in [0.2, 0.25) is 0 Å². The minimum Gasteiger partial charge on any atom is -0.359 e. The minimum atomic E-state index is -0.123. The molecule has 1 saturated carbocycles. The highest BCUT2D eigenvalue weighted by Crippen LogP contribution is 2.42. The third-order valence-electron chi connectivity index (χ3n) is 5.29. The zero-order valence-electron chi connectivity index (χ0n) is 15.4. The molecule has 2 atom stereocenters. The van der Waals surface area contributed by atoms with Crippen LogP contribution < -0.4 is 10.6 Å². The standard InChI is InChI=1S/C19H27FN4O.HI/c1-21-18(25)11-13-7-9-24(10-8-13)19(22-2)23-17-12-15(17)14-5-3-4-6-16(14)20;/h3-6,13,15,17H,7-12H2,1-2H3,(H,21,25)(H,22,23);1H. The number of benzene rings is 1. The number of nitrogens with one attached hydrogen (secondary N) is 2. The highest BCUT2D eigenvalue weighted by atomic mass is 127. The van der Waals surface area contributed by atoms with Gasteiger partial charge in [-0.2, -0.15) is 0 Å². The zero-order valence-corrected chi connectivity index (χ0v) is 17.7. The lowest BCUT2D eigenvalue weighted by Gasteiger charge is -2.34. The van der Waals surface area contributed by atoms with Gasteiger partial charge >= 0.3 is 0 Å². The van der Waals surface area contributed by atoms with Crippen molar-refractivity contribution in [2.45, 2.75) is 37.6 Å². The highest BCUT2D eigenvalue weighted by Gasteiger charge is 2.41. The van der Waals surface area contributed by atoms with Crippen LogP contribution in [0.5, 0.6) is 0 Å². The molecule has 1 aliphatic carbocycles. The molecule has 7 heteroatoms. The third kappa shape index (κ3) is 5.08. The van der Waals surface area contributed by atoms with E-state index in [0.717, 1.165) is 43.9 Å². The third-order valence-corrected chi connectivity index (χ3v) is 5.29. The lowest BCUT2D eigenvalue weighted by molar-refractivity contribution is -0.121. The number of carbonyl (C=O) groups excluding carboxylic acids is 1. The number of piperidine rings is 1. The average Bonchev–Trinajstić information content (AvgIpc) is 3.39. The highest BCUT2D eigenvalue weighted by molar-refractivity contribution is 14.0. The number of rotatable bonds is 4. The molecule has 3 rings (SSSR count). The summed E-state index contributed by atoms with van der Waals surface area (Å²) in [6, 6.07) is 7.26. The summed E-state index contributed by atoms with van der Waals surface area (Å²) in [5, 5.41) is 6.18. The van der Waals surface area contributed by atoms with Crippen molar-refractivity contribution in [3.8, 4) is 0 Å². The molecule has 26 heavy (non-hydrogen) atoms. The van der Waals surface area contributed by atoms with E-state index in [4.69, 9.17) is 0 Å². The van der Waals surface area contributed by atoms with Gasteiger partial charge in [-0.05, 0) is 36.8 Å². The quantitative estimate of drug-likeness (QED) is 0.401. The van der Waals surface area contributed by atoms with E-state index in [1.54, 1.807) is 20.2 Å². The van der Waals surface area contributed by atoms with Crippen molar-refractivity contribution >= 4 is 35.8 Å². The molecule has 0 aromatic heterocycles. The van der Waals surface area contributed by atoms with Crippen molar-refractivity contribution in [2.75, 3.05) is 27.2 Å². The van der Waals surface area contributed by atoms with Gasteiger partial charge in [-0.3, -0.25) is 9.79 Å². The van der Waals surface area contributed by atoms with Gasteiger partial charge in [0, 0.05) is 45.6 Å². The number of nitrogens with zero attached hydrogens (tertiary/aromatic N) is 2. The van der Waals surface area contributed by atoms with Gasteiger partial charge in [0.1, 0.15) is 5.82 Å². The van der Waals surface area contributed by atoms with E-state index >= 15 is 0 Å². The second-order valence-electron chi connectivity index (χ2n) is 6.97. The molecular weight excluding hydrogens is 446 g/mol. The van der Waals surface area contributed by atoms with Gasteiger partial charge in [-0.15, -0.1) is 24.0 Å². The number of likely N-dealkylation sites (tertiary alicyclic amines) is 1. The van der Waals surface area contributed by atoms with Crippen molar-refractivity contribution in [2.24, 2.45) is 10.9 Å². The first-order valence-electron chi connectivity index (χ1n) is 9.05. The lowest BCUT2D eigenvalue weighted by atomic mass is 9.93. The van der Waals surface area contributed by atoms with Gasteiger partial charge in [-0.1, -0.05) is 18.2 Å². The predicted octanol–water partition coefficient (Wildman–Crippen LogP) is 2.72. The number of carbonyl (C=O) groups is 1. The van der Waals surface area contributed by atoms with Crippen LogP contribution in [-0.4, -0.2) is 50.0 Å². The van der Waals surface area contributed by atoms with Crippen molar-refractivity contribution < 1.29 is 9.18 Å².